The molecule has 2 aromatic rings. The molecule has 0 aliphatic heterocycles. The summed E-state index contributed by atoms with van der Waals surface area (Å²) in [4.78, 5) is 14.2. The van der Waals surface area contributed by atoms with Crippen LogP contribution in [0.25, 0.3) is 0 Å². The molecule has 0 atom stereocenters. The van der Waals surface area contributed by atoms with Crippen molar-refractivity contribution in [1.82, 2.24) is 30.9 Å². The van der Waals surface area contributed by atoms with Crippen molar-refractivity contribution in [1.29, 1.82) is 0 Å². The summed E-state index contributed by atoms with van der Waals surface area (Å²) in [6, 6.07) is 1.44. The fourth-order valence-corrected chi connectivity index (χ4v) is 1.35. The second kappa shape index (κ2) is 4.50. The van der Waals surface area contributed by atoms with Crippen LogP contribution in [0.15, 0.2) is 6.07 Å². The molecule has 7 nitrogen and oxygen atoms in total. The zero-order valence-electron chi connectivity index (χ0n) is 7.79. The summed E-state index contributed by atoms with van der Waals surface area (Å²) in [5.41, 5.74) is 0.276. The fourth-order valence-electron chi connectivity index (χ4n) is 1.04. The van der Waals surface area contributed by atoms with Crippen molar-refractivity contribution < 1.29 is 4.79 Å². The van der Waals surface area contributed by atoms with Gasteiger partial charge >= 0.3 is 0 Å². The average molecular weight is 261 g/mol. The van der Waals surface area contributed by atoms with Crippen molar-refractivity contribution in [3.05, 3.63) is 27.8 Å². The first kappa shape index (κ1) is 10.9. The minimum absolute atomic E-state index is 0.170. The normalized spacial score (nSPS) is 10.4. The molecule has 0 saturated carbocycles. The van der Waals surface area contributed by atoms with Gasteiger partial charge in [0.15, 0.2) is 5.82 Å². The van der Waals surface area contributed by atoms with Crippen LogP contribution in [0.5, 0.6) is 0 Å². The molecule has 0 unspecified atom stereocenters. The predicted octanol–water partition coefficient (Wildman–Crippen LogP) is 0.765. The SMILES string of the molecule is O=C(NCc1nn[nH]n1)c1cc(Cl)c(Cl)[nH]1. The maximum atomic E-state index is 11.6. The van der Waals surface area contributed by atoms with Crippen LogP contribution in [-0.4, -0.2) is 31.5 Å². The number of nitrogens with zero attached hydrogens (tertiary/aromatic N) is 3. The van der Waals surface area contributed by atoms with Crippen LogP contribution in [0.2, 0.25) is 10.2 Å². The molecule has 0 spiro atoms. The van der Waals surface area contributed by atoms with E-state index >= 15 is 0 Å². The summed E-state index contributed by atoms with van der Waals surface area (Å²) < 4.78 is 0. The maximum absolute atomic E-state index is 11.6. The van der Waals surface area contributed by atoms with Crippen LogP contribution in [-0.2, 0) is 6.54 Å². The standard InChI is InChI=1S/C7H6Cl2N6O/c8-3-1-4(11-6(3)9)7(16)10-2-5-12-14-15-13-5/h1,11H,2H2,(H,10,16)(H,12,13,14,15). The number of aromatic nitrogens is 5. The molecule has 0 bridgehead atoms. The third-order valence-corrected chi connectivity index (χ3v) is 2.46. The van der Waals surface area contributed by atoms with E-state index in [2.05, 4.69) is 30.9 Å². The van der Waals surface area contributed by atoms with Crippen molar-refractivity contribution in [2.24, 2.45) is 0 Å². The second-order valence-electron chi connectivity index (χ2n) is 2.86. The van der Waals surface area contributed by atoms with Crippen LogP contribution >= 0.6 is 23.2 Å². The van der Waals surface area contributed by atoms with Gasteiger partial charge in [-0.15, -0.1) is 10.2 Å². The molecule has 0 aliphatic rings. The van der Waals surface area contributed by atoms with Crippen LogP contribution in [0.3, 0.4) is 0 Å². The molecular formula is C7H6Cl2N6O. The molecule has 16 heavy (non-hydrogen) atoms. The summed E-state index contributed by atoms with van der Waals surface area (Å²) in [7, 11) is 0. The number of carbonyl (C=O) groups excluding carboxylic acids is 1. The number of nitrogens with one attached hydrogen (secondary N) is 3. The van der Waals surface area contributed by atoms with E-state index in [4.69, 9.17) is 23.2 Å². The number of halogens is 2. The Balaban J connectivity index is 1.98. The lowest BCUT2D eigenvalue weighted by molar-refractivity contribution is 0.0945. The van der Waals surface area contributed by atoms with Gasteiger partial charge in [0.2, 0.25) is 0 Å². The smallest absolute Gasteiger partial charge is 0.268 e. The number of rotatable bonds is 3. The Morgan fingerprint density at radius 1 is 1.50 bits per heavy atom. The molecule has 3 N–H and O–H groups in total. The Labute approximate surface area is 99.5 Å². The quantitative estimate of drug-likeness (QED) is 0.759. The molecular weight excluding hydrogens is 255 g/mol. The van der Waals surface area contributed by atoms with Crippen LogP contribution in [0, 0.1) is 0 Å². The van der Waals surface area contributed by atoms with E-state index in [0.29, 0.717) is 10.8 Å². The lowest BCUT2D eigenvalue weighted by Crippen LogP contribution is -2.23. The number of hydrogen-bond acceptors (Lipinski definition) is 4. The second-order valence-corrected chi connectivity index (χ2v) is 3.64. The third kappa shape index (κ3) is 2.31. The van der Waals surface area contributed by atoms with Crippen molar-refractivity contribution in [2.75, 3.05) is 0 Å². The van der Waals surface area contributed by atoms with Gasteiger partial charge in [-0.2, -0.15) is 5.21 Å². The van der Waals surface area contributed by atoms with Gasteiger partial charge in [-0.3, -0.25) is 4.79 Å². The van der Waals surface area contributed by atoms with Crippen molar-refractivity contribution in [2.45, 2.75) is 6.54 Å². The summed E-state index contributed by atoms with van der Waals surface area (Å²) in [5, 5.41) is 16.1. The van der Waals surface area contributed by atoms with Gasteiger partial charge in [-0.25, -0.2) is 0 Å². The van der Waals surface area contributed by atoms with Crippen molar-refractivity contribution in [3.8, 4) is 0 Å². The van der Waals surface area contributed by atoms with Crippen LogP contribution in [0.4, 0.5) is 0 Å². The Hall–Kier alpha value is -1.60. The van der Waals surface area contributed by atoms with Gasteiger partial charge in [0, 0.05) is 0 Å². The van der Waals surface area contributed by atoms with Gasteiger partial charge in [0.05, 0.1) is 11.6 Å². The Morgan fingerprint density at radius 3 is 2.88 bits per heavy atom. The average Bonchev–Trinajstić information content (AvgIpc) is 2.86. The van der Waals surface area contributed by atoms with E-state index in [9.17, 15) is 4.79 Å². The van der Waals surface area contributed by atoms with E-state index in [1.165, 1.54) is 6.07 Å². The first-order valence-corrected chi connectivity index (χ1v) is 4.97. The van der Waals surface area contributed by atoms with Gasteiger partial charge in [-0.1, -0.05) is 28.4 Å². The molecule has 0 radical (unpaired) electrons. The summed E-state index contributed by atoms with van der Waals surface area (Å²) in [6.45, 7) is 0.170. The Morgan fingerprint density at radius 2 is 2.31 bits per heavy atom. The Kier molecular flexibility index (Phi) is 3.07. The molecule has 9 heteroatoms. The lowest BCUT2D eigenvalue weighted by atomic mass is 10.4. The maximum Gasteiger partial charge on any atom is 0.268 e. The zero-order valence-corrected chi connectivity index (χ0v) is 9.30. The highest BCUT2D eigenvalue weighted by Gasteiger charge is 2.11. The highest BCUT2D eigenvalue weighted by Crippen LogP contribution is 2.21. The minimum Gasteiger partial charge on any atom is -0.343 e. The fraction of sp³-hybridized carbons (Fsp3) is 0.143. The van der Waals surface area contributed by atoms with E-state index in [0.717, 1.165) is 0 Å². The number of tetrazole rings is 1. The van der Waals surface area contributed by atoms with Crippen molar-refractivity contribution >= 4 is 29.1 Å². The first-order valence-electron chi connectivity index (χ1n) is 4.21. The van der Waals surface area contributed by atoms with Gasteiger partial charge in [-0.05, 0) is 6.07 Å². The highest BCUT2D eigenvalue weighted by atomic mass is 35.5. The van der Waals surface area contributed by atoms with Gasteiger partial charge in [0.25, 0.3) is 5.91 Å². The monoisotopic (exact) mass is 260 g/mol. The number of aromatic amines is 2. The van der Waals surface area contributed by atoms with Gasteiger partial charge in [0.1, 0.15) is 10.8 Å². The Bertz CT molecular complexity index is 473. The summed E-state index contributed by atoms with van der Waals surface area (Å²) in [6.07, 6.45) is 0. The summed E-state index contributed by atoms with van der Waals surface area (Å²) in [5.74, 6) is 0.0377. The number of hydrogen-bond donors (Lipinski definition) is 3. The molecule has 84 valence electrons. The highest BCUT2D eigenvalue weighted by molar-refractivity contribution is 6.41. The minimum atomic E-state index is -0.349. The van der Waals surface area contributed by atoms with E-state index in [1.54, 1.807) is 0 Å². The molecule has 0 aromatic carbocycles. The van der Waals surface area contributed by atoms with E-state index < -0.39 is 0 Å². The summed E-state index contributed by atoms with van der Waals surface area (Å²) >= 11 is 11.4. The molecule has 0 aliphatic carbocycles. The van der Waals surface area contributed by atoms with Crippen molar-refractivity contribution in [3.63, 3.8) is 0 Å². The van der Waals surface area contributed by atoms with E-state index in [-0.39, 0.29) is 23.3 Å². The molecule has 2 rings (SSSR count). The lowest BCUT2D eigenvalue weighted by Gasteiger charge is -1.98. The first-order chi connectivity index (χ1) is 7.66. The zero-order chi connectivity index (χ0) is 11.5. The third-order valence-electron chi connectivity index (χ3n) is 1.77. The van der Waals surface area contributed by atoms with Gasteiger partial charge < -0.3 is 10.3 Å². The number of amides is 1. The molecule has 0 fully saturated rings. The number of carbonyl (C=O) groups is 1. The molecule has 0 saturated heterocycles. The van der Waals surface area contributed by atoms with E-state index in [1.807, 2.05) is 0 Å². The molecule has 1 amide bonds. The number of H-pyrrole nitrogens is 2. The predicted molar refractivity (Wildman–Crippen MR) is 56.2 cm³/mol. The van der Waals surface area contributed by atoms with Crippen LogP contribution in [0.1, 0.15) is 16.3 Å². The largest absolute Gasteiger partial charge is 0.343 e. The van der Waals surface area contributed by atoms with Crippen LogP contribution < -0.4 is 5.32 Å². The molecule has 2 aromatic heterocycles. The topological polar surface area (TPSA) is 99.3 Å². The molecule has 2 heterocycles.